The van der Waals surface area contributed by atoms with Gasteiger partial charge in [-0.25, -0.2) is 13.1 Å². The van der Waals surface area contributed by atoms with Gasteiger partial charge >= 0.3 is 0 Å². The van der Waals surface area contributed by atoms with Gasteiger partial charge in [-0.3, -0.25) is 4.99 Å². The Bertz CT molecular complexity index is 721. The quantitative estimate of drug-likeness (QED) is 0.537. The first-order valence-corrected chi connectivity index (χ1v) is 10.5. The normalized spacial score (nSPS) is 13.0. The maximum absolute atomic E-state index is 11.4. The van der Waals surface area contributed by atoms with Crippen LogP contribution in [0.2, 0.25) is 10.0 Å². The summed E-state index contributed by atoms with van der Waals surface area (Å²) in [6, 6.07) is 5.48. The average Bonchev–Trinajstić information content (AvgIpc) is 2.44. The van der Waals surface area contributed by atoms with Gasteiger partial charge in [0.05, 0.1) is 22.8 Å². The Morgan fingerprint density at radius 3 is 2.44 bits per heavy atom. The van der Waals surface area contributed by atoms with Gasteiger partial charge in [0.2, 0.25) is 10.0 Å². The largest absolute Gasteiger partial charge is 0.357 e. The van der Waals surface area contributed by atoms with Gasteiger partial charge in [0, 0.05) is 25.7 Å². The Hall–Kier alpha value is -1.02. The molecule has 9 heteroatoms. The van der Waals surface area contributed by atoms with Crippen molar-refractivity contribution < 1.29 is 8.42 Å². The number of nitrogens with one attached hydrogen (secondary N) is 2. The first-order chi connectivity index (χ1) is 11.4. The van der Waals surface area contributed by atoms with Gasteiger partial charge in [0.15, 0.2) is 5.96 Å². The summed E-state index contributed by atoms with van der Waals surface area (Å²) >= 11 is 12.0. The van der Waals surface area contributed by atoms with Crippen molar-refractivity contribution in [3.8, 4) is 0 Å². The second-order valence-electron chi connectivity index (χ2n) is 6.53. The number of hydrogen-bond acceptors (Lipinski definition) is 3. The Kier molecular flexibility index (Phi) is 7.99. The lowest BCUT2D eigenvalue weighted by molar-refractivity contribution is 0.446. The third-order valence-corrected chi connectivity index (χ3v) is 4.85. The monoisotopic (exact) mass is 408 g/mol. The minimum atomic E-state index is -3.30. The van der Waals surface area contributed by atoms with Crippen LogP contribution in [0.15, 0.2) is 23.2 Å². The Morgan fingerprint density at radius 2 is 1.92 bits per heavy atom. The fraction of sp³-hybridized carbons (Fsp3) is 0.562. The number of hydrogen-bond donors (Lipinski definition) is 2. The summed E-state index contributed by atoms with van der Waals surface area (Å²) in [5.41, 5.74) is 0.314. The van der Waals surface area contributed by atoms with E-state index in [0.29, 0.717) is 35.6 Å². The van der Waals surface area contributed by atoms with E-state index in [0.717, 1.165) is 11.8 Å². The molecule has 0 fully saturated rings. The molecule has 0 unspecified atom stereocenters. The van der Waals surface area contributed by atoms with E-state index in [-0.39, 0.29) is 0 Å². The number of benzene rings is 1. The summed E-state index contributed by atoms with van der Waals surface area (Å²) in [5, 5.41) is 4.23. The summed E-state index contributed by atoms with van der Waals surface area (Å²) in [5.74, 6) is 0.678. The molecule has 0 saturated heterocycles. The average molecular weight is 409 g/mol. The summed E-state index contributed by atoms with van der Waals surface area (Å²) < 4.78 is 25.5. The molecule has 0 aromatic heterocycles. The molecule has 0 radical (unpaired) electrons. The van der Waals surface area contributed by atoms with Crippen LogP contribution in [0.1, 0.15) is 26.3 Å². The van der Waals surface area contributed by atoms with Gasteiger partial charge < -0.3 is 10.2 Å². The van der Waals surface area contributed by atoms with Crippen LogP contribution in [0.4, 0.5) is 0 Å². The van der Waals surface area contributed by atoms with E-state index in [1.807, 2.05) is 31.0 Å². The highest BCUT2D eigenvalue weighted by Gasteiger charge is 2.22. The van der Waals surface area contributed by atoms with E-state index in [1.54, 1.807) is 19.9 Å². The van der Waals surface area contributed by atoms with Crippen LogP contribution in [0, 0.1) is 0 Å². The van der Waals surface area contributed by atoms with Gasteiger partial charge in [0.1, 0.15) is 0 Å². The molecule has 0 aliphatic rings. The molecule has 25 heavy (non-hydrogen) atoms. The molecule has 1 aromatic carbocycles. The van der Waals surface area contributed by atoms with Crippen molar-refractivity contribution in [2.24, 2.45) is 4.99 Å². The molecule has 6 nitrogen and oxygen atoms in total. The second-order valence-corrected chi connectivity index (χ2v) is 9.10. The predicted molar refractivity (Wildman–Crippen MR) is 106 cm³/mol. The fourth-order valence-electron chi connectivity index (χ4n) is 2.26. The number of guanidine groups is 1. The van der Waals surface area contributed by atoms with Crippen LogP contribution in [0.25, 0.3) is 0 Å². The highest BCUT2D eigenvalue weighted by atomic mass is 35.5. The smallest absolute Gasteiger partial charge is 0.209 e. The topological polar surface area (TPSA) is 73.8 Å². The molecular formula is C16H26Cl2N4O2S. The van der Waals surface area contributed by atoms with Crippen LogP contribution in [0.3, 0.4) is 0 Å². The van der Waals surface area contributed by atoms with Gasteiger partial charge in [-0.1, -0.05) is 29.3 Å². The molecule has 0 saturated carbocycles. The minimum absolute atomic E-state index is 0.300. The molecule has 0 heterocycles. The molecule has 0 amide bonds. The molecule has 0 bridgehead atoms. The van der Waals surface area contributed by atoms with Crippen LogP contribution in [-0.2, 0) is 16.6 Å². The molecule has 0 atom stereocenters. The van der Waals surface area contributed by atoms with E-state index in [2.05, 4.69) is 15.0 Å². The summed E-state index contributed by atoms with van der Waals surface area (Å²) in [7, 11) is -1.40. The van der Waals surface area contributed by atoms with Crippen molar-refractivity contribution >= 4 is 39.2 Å². The molecule has 2 N–H and O–H groups in total. The molecule has 0 aliphatic heterocycles. The first kappa shape index (κ1) is 22.0. The van der Waals surface area contributed by atoms with E-state index in [1.165, 1.54) is 0 Å². The van der Waals surface area contributed by atoms with E-state index in [9.17, 15) is 8.42 Å². The van der Waals surface area contributed by atoms with E-state index in [4.69, 9.17) is 23.2 Å². The van der Waals surface area contributed by atoms with Crippen molar-refractivity contribution in [3.05, 3.63) is 33.8 Å². The predicted octanol–water partition coefficient (Wildman–Crippen LogP) is 2.72. The molecule has 1 aromatic rings. The van der Waals surface area contributed by atoms with Crippen LogP contribution in [-0.4, -0.2) is 51.2 Å². The Labute approximate surface area is 160 Å². The van der Waals surface area contributed by atoms with Crippen molar-refractivity contribution in [1.29, 1.82) is 0 Å². The number of sulfonamides is 1. The highest BCUT2D eigenvalue weighted by molar-refractivity contribution is 7.88. The van der Waals surface area contributed by atoms with Gasteiger partial charge in [-0.2, -0.15) is 0 Å². The Morgan fingerprint density at radius 1 is 1.28 bits per heavy atom. The van der Waals surface area contributed by atoms with Gasteiger partial charge in [-0.15, -0.1) is 0 Å². The lowest BCUT2D eigenvalue weighted by Crippen LogP contribution is -2.46. The number of halogens is 2. The Balaban J connectivity index is 2.87. The highest BCUT2D eigenvalue weighted by Crippen LogP contribution is 2.23. The van der Waals surface area contributed by atoms with Crippen molar-refractivity contribution in [1.82, 2.24) is 14.9 Å². The zero-order chi connectivity index (χ0) is 19.3. The number of aliphatic imine (C=N–C) groups is 1. The number of rotatable bonds is 7. The molecular weight excluding hydrogens is 383 g/mol. The number of nitrogens with zero attached hydrogens (tertiary/aromatic N) is 2. The fourth-order valence-corrected chi connectivity index (χ4v) is 3.65. The third-order valence-electron chi connectivity index (χ3n) is 3.19. The standard InChI is InChI=1S/C16H26Cl2N4O2S/c1-6-19-15(20-11-16(2,3)21-25(5,23)24)22(4)10-12-7-8-13(17)14(18)9-12/h7-9,21H,6,10-11H2,1-5H3,(H,19,20). The van der Waals surface area contributed by atoms with Gasteiger partial charge in [-0.05, 0) is 38.5 Å². The lowest BCUT2D eigenvalue weighted by Gasteiger charge is -2.26. The summed E-state index contributed by atoms with van der Waals surface area (Å²) in [4.78, 5) is 6.49. The van der Waals surface area contributed by atoms with Gasteiger partial charge in [0.25, 0.3) is 0 Å². The zero-order valence-electron chi connectivity index (χ0n) is 15.2. The first-order valence-electron chi connectivity index (χ1n) is 7.86. The minimum Gasteiger partial charge on any atom is -0.357 e. The molecule has 0 spiro atoms. The summed E-state index contributed by atoms with van der Waals surface area (Å²) in [6.45, 7) is 7.14. The van der Waals surface area contributed by atoms with Crippen molar-refractivity contribution in [2.45, 2.75) is 32.9 Å². The van der Waals surface area contributed by atoms with Crippen LogP contribution < -0.4 is 10.0 Å². The zero-order valence-corrected chi connectivity index (χ0v) is 17.6. The van der Waals surface area contributed by atoms with Crippen LogP contribution in [0.5, 0.6) is 0 Å². The van der Waals surface area contributed by atoms with Crippen molar-refractivity contribution in [2.75, 3.05) is 26.4 Å². The van der Waals surface area contributed by atoms with E-state index >= 15 is 0 Å². The maximum Gasteiger partial charge on any atom is 0.209 e. The lowest BCUT2D eigenvalue weighted by atomic mass is 10.1. The molecule has 1 rings (SSSR count). The molecule has 0 aliphatic carbocycles. The SMILES string of the molecule is CCNC(=NCC(C)(C)NS(C)(=O)=O)N(C)Cc1ccc(Cl)c(Cl)c1. The molecule has 142 valence electrons. The summed E-state index contributed by atoms with van der Waals surface area (Å²) in [6.07, 6.45) is 1.14. The van der Waals surface area contributed by atoms with Crippen LogP contribution >= 0.6 is 23.2 Å². The third kappa shape index (κ3) is 8.27. The van der Waals surface area contributed by atoms with Crippen molar-refractivity contribution in [3.63, 3.8) is 0 Å². The maximum atomic E-state index is 11.4. The van der Waals surface area contributed by atoms with E-state index < -0.39 is 15.6 Å². The second kappa shape index (κ2) is 9.07.